The highest BCUT2D eigenvalue weighted by atomic mass is 35.5. The van der Waals surface area contributed by atoms with Gasteiger partial charge in [-0.2, -0.15) is 13.2 Å². The highest BCUT2D eigenvalue weighted by molar-refractivity contribution is 7.92. The monoisotopic (exact) mass is 480 g/mol. The molecule has 1 N–H and O–H groups in total. The molecular formula is C22H16ClF3N2O3S. The van der Waals surface area contributed by atoms with Crippen LogP contribution >= 0.6 is 11.6 Å². The molecule has 0 aromatic heterocycles. The normalized spacial score (nSPS) is 13.7. The van der Waals surface area contributed by atoms with Crippen LogP contribution in [0.3, 0.4) is 0 Å². The summed E-state index contributed by atoms with van der Waals surface area (Å²) >= 11 is 6.19. The van der Waals surface area contributed by atoms with Crippen LogP contribution in [0.25, 0.3) is 0 Å². The fourth-order valence-electron chi connectivity index (χ4n) is 3.50. The summed E-state index contributed by atoms with van der Waals surface area (Å²) in [6.07, 6.45) is -3.96. The zero-order chi connectivity index (χ0) is 23.1. The largest absolute Gasteiger partial charge is 0.416 e. The highest BCUT2D eigenvalue weighted by Gasteiger charge is 2.31. The quantitative estimate of drug-likeness (QED) is 0.546. The Balaban J connectivity index is 1.65. The first-order chi connectivity index (χ1) is 15.1. The van der Waals surface area contributed by atoms with E-state index in [0.29, 0.717) is 19.0 Å². The summed E-state index contributed by atoms with van der Waals surface area (Å²) < 4.78 is 66.5. The zero-order valence-corrected chi connectivity index (χ0v) is 17.9. The molecule has 0 radical (unpaired) electrons. The lowest BCUT2D eigenvalue weighted by Crippen LogP contribution is -2.29. The summed E-state index contributed by atoms with van der Waals surface area (Å²) in [5, 5.41) is 0.0670. The number of anilines is 2. The van der Waals surface area contributed by atoms with Gasteiger partial charge in [-0.15, -0.1) is 0 Å². The van der Waals surface area contributed by atoms with Gasteiger partial charge in [-0.25, -0.2) is 8.42 Å². The molecule has 4 rings (SSSR count). The van der Waals surface area contributed by atoms with Crippen LogP contribution in [-0.4, -0.2) is 20.9 Å². The van der Waals surface area contributed by atoms with Crippen LogP contribution in [0.5, 0.6) is 0 Å². The SMILES string of the molecule is O=C(c1cc(S(=O)(=O)Nc2cccc(C(F)(F)F)c2)ccc1Cl)N1CCc2ccccc21. The number of nitrogens with one attached hydrogen (secondary N) is 1. The molecule has 0 saturated heterocycles. The molecule has 5 nitrogen and oxygen atoms in total. The van der Waals surface area contributed by atoms with E-state index in [-0.39, 0.29) is 21.2 Å². The molecule has 3 aromatic carbocycles. The molecule has 1 heterocycles. The van der Waals surface area contributed by atoms with Crippen molar-refractivity contribution in [3.63, 3.8) is 0 Å². The first-order valence-corrected chi connectivity index (χ1v) is 11.3. The standard InChI is InChI=1S/C22H16ClF3N2O3S/c23-19-9-8-17(32(30,31)27-16-6-3-5-15(12-16)22(24,25)26)13-18(19)21(29)28-11-10-14-4-1-2-7-20(14)28/h1-9,12-13,27H,10-11H2. The van der Waals surface area contributed by atoms with E-state index in [2.05, 4.69) is 4.72 Å². The van der Waals surface area contributed by atoms with E-state index < -0.39 is 27.7 Å². The van der Waals surface area contributed by atoms with E-state index in [1.165, 1.54) is 23.1 Å². The number of carbonyl (C=O) groups excluding carboxylic acids is 1. The third-order valence-electron chi connectivity index (χ3n) is 5.05. The Hall–Kier alpha value is -3.04. The second-order valence-corrected chi connectivity index (χ2v) is 9.25. The van der Waals surface area contributed by atoms with Crippen molar-refractivity contribution >= 4 is 38.9 Å². The molecule has 166 valence electrons. The number of hydrogen-bond acceptors (Lipinski definition) is 3. The minimum atomic E-state index is -4.62. The number of sulfonamides is 1. The molecule has 0 saturated carbocycles. The maximum Gasteiger partial charge on any atom is 0.416 e. The molecule has 1 aliphatic rings. The average Bonchev–Trinajstić information content (AvgIpc) is 3.17. The van der Waals surface area contributed by atoms with E-state index in [4.69, 9.17) is 11.6 Å². The van der Waals surface area contributed by atoms with Crippen molar-refractivity contribution in [2.45, 2.75) is 17.5 Å². The van der Waals surface area contributed by atoms with Crippen LogP contribution in [0.1, 0.15) is 21.5 Å². The number of hydrogen-bond donors (Lipinski definition) is 1. The van der Waals surface area contributed by atoms with Crippen LogP contribution in [0, 0.1) is 0 Å². The Morgan fingerprint density at radius 2 is 1.75 bits per heavy atom. The van der Waals surface area contributed by atoms with Crippen molar-refractivity contribution in [3.8, 4) is 0 Å². The number of nitrogens with zero attached hydrogens (tertiary/aromatic N) is 1. The third-order valence-corrected chi connectivity index (χ3v) is 6.76. The Kier molecular flexibility index (Phi) is 5.64. The zero-order valence-electron chi connectivity index (χ0n) is 16.4. The number of rotatable bonds is 4. The Morgan fingerprint density at radius 3 is 2.50 bits per heavy atom. The van der Waals surface area contributed by atoms with E-state index in [1.54, 1.807) is 12.1 Å². The maximum atomic E-state index is 13.1. The first kappa shape index (κ1) is 22.2. The molecule has 0 unspecified atom stereocenters. The number of fused-ring (bicyclic) bond motifs is 1. The first-order valence-electron chi connectivity index (χ1n) is 9.46. The average molecular weight is 481 g/mol. The topological polar surface area (TPSA) is 66.5 Å². The van der Waals surface area contributed by atoms with E-state index in [0.717, 1.165) is 29.4 Å². The van der Waals surface area contributed by atoms with Gasteiger partial charge in [0.2, 0.25) is 0 Å². The van der Waals surface area contributed by atoms with Gasteiger partial charge in [-0.05, 0) is 54.4 Å². The van der Waals surface area contributed by atoms with Gasteiger partial charge in [0.15, 0.2) is 0 Å². The van der Waals surface area contributed by atoms with E-state index in [9.17, 15) is 26.4 Å². The smallest absolute Gasteiger partial charge is 0.308 e. The molecule has 10 heteroatoms. The Bertz CT molecular complexity index is 1310. The van der Waals surface area contributed by atoms with Crippen molar-refractivity contribution in [1.29, 1.82) is 0 Å². The molecular weight excluding hydrogens is 465 g/mol. The van der Waals surface area contributed by atoms with Crippen molar-refractivity contribution < 1.29 is 26.4 Å². The number of benzene rings is 3. The number of amides is 1. The second-order valence-electron chi connectivity index (χ2n) is 7.16. The van der Waals surface area contributed by atoms with Crippen molar-refractivity contribution in [2.24, 2.45) is 0 Å². The maximum absolute atomic E-state index is 13.1. The fraction of sp³-hybridized carbons (Fsp3) is 0.136. The van der Waals surface area contributed by atoms with Gasteiger partial charge in [0, 0.05) is 17.9 Å². The molecule has 0 spiro atoms. The fourth-order valence-corrected chi connectivity index (χ4v) is 4.78. The molecule has 1 aliphatic heterocycles. The number of para-hydroxylation sites is 1. The van der Waals surface area contributed by atoms with Crippen LogP contribution in [0.2, 0.25) is 5.02 Å². The van der Waals surface area contributed by atoms with Gasteiger partial charge in [-0.1, -0.05) is 35.9 Å². The minimum Gasteiger partial charge on any atom is -0.308 e. The summed E-state index contributed by atoms with van der Waals surface area (Å²) in [6, 6.07) is 14.8. The lowest BCUT2D eigenvalue weighted by Gasteiger charge is -2.19. The van der Waals surface area contributed by atoms with E-state index >= 15 is 0 Å². The van der Waals surface area contributed by atoms with E-state index in [1.807, 2.05) is 12.1 Å². The van der Waals surface area contributed by atoms with Gasteiger partial charge >= 0.3 is 6.18 Å². The number of halogens is 4. The van der Waals surface area contributed by atoms with Gasteiger partial charge in [-0.3, -0.25) is 9.52 Å². The summed E-state index contributed by atoms with van der Waals surface area (Å²) in [6.45, 7) is 0.425. The molecule has 0 bridgehead atoms. The van der Waals surface area contributed by atoms with Crippen LogP contribution in [0.15, 0.2) is 71.6 Å². The van der Waals surface area contributed by atoms with Crippen molar-refractivity contribution in [1.82, 2.24) is 0 Å². The van der Waals surface area contributed by atoms with Crippen molar-refractivity contribution in [3.05, 3.63) is 88.4 Å². The highest BCUT2D eigenvalue weighted by Crippen LogP contribution is 2.33. The van der Waals surface area contributed by atoms with Gasteiger partial charge < -0.3 is 4.90 Å². The lowest BCUT2D eigenvalue weighted by molar-refractivity contribution is -0.137. The predicted molar refractivity (Wildman–Crippen MR) is 116 cm³/mol. The molecule has 3 aromatic rings. The molecule has 0 aliphatic carbocycles. The third kappa shape index (κ3) is 4.31. The van der Waals surface area contributed by atoms with Crippen LogP contribution in [-0.2, 0) is 22.6 Å². The molecule has 1 amide bonds. The Labute approximate surface area is 187 Å². The van der Waals surface area contributed by atoms with Gasteiger partial charge in [0.25, 0.3) is 15.9 Å². The lowest BCUT2D eigenvalue weighted by atomic mass is 10.1. The number of carbonyl (C=O) groups is 1. The second kappa shape index (κ2) is 8.14. The molecule has 32 heavy (non-hydrogen) atoms. The van der Waals surface area contributed by atoms with Crippen LogP contribution in [0.4, 0.5) is 24.5 Å². The summed E-state index contributed by atoms with van der Waals surface area (Å²) in [4.78, 5) is 14.3. The number of alkyl halides is 3. The predicted octanol–water partition coefficient (Wildman–Crippen LogP) is 5.36. The van der Waals surface area contributed by atoms with Crippen LogP contribution < -0.4 is 9.62 Å². The summed E-state index contributed by atoms with van der Waals surface area (Å²) in [5.74, 6) is -0.462. The summed E-state index contributed by atoms with van der Waals surface area (Å²) in [5.41, 5.74) is 0.458. The van der Waals surface area contributed by atoms with Crippen molar-refractivity contribution in [2.75, 3.05) is 16.2 Å². The minimum absolute atomic E-state index is 0.0183. The van der Waals surface area contributed by atoms with Gasteiger partial charge in [0.1, 0.15) is 0 Å². The van der Waals surface area contributed by atoms with Gasteiger partial charge in [0.05, 0.1) is 21.0 Å². The molecule has 0 atom stereocenters. The summed E-state index contributed by atoms with van der Waals surface area (Å²) in [7, 11) is -4.28. The Morgan fingerprint density at radius 1 is 1.00 bits per heavy atom. The molecule has 0 fully saturated rings.